The van der Waals surface area contributed by atoms with Crippen LogP contribution in [0.25, 0.3) is 0 Å². The minimum Gasteiger partial charge on any atom is -0.459 e. The molecular weight excluding hydrogens is 332 g/mol. The molecule has 6 heteroatoms. The number of imide groups is 1. The highest BCUT2D eigenvalue weighted by Crippen LogP contribution is 2.21. The van der Waals surface area contributed by atoms with Gasteiger partial charge in [-0.3, -0.25) is 19.3 Å². The van der Waals surface area contributed by atoms with Crippen LogP contribution < -0.4 is 5.32 Å². The third kappa shape index (κ3) is 6.17. The third-order valence-electron chi connectivity index (χ3n) is 3.94. The van der Waals surface area contributed by atoms with E-state index in [2.05, 4.69) is 5.32 Å². The highest BCUT2D eigenvalue weighted by molar-refractivity contribution is 6.02. The molecule has 1 atom stereocenters. The Hall–Kier alpha value is -2.37. The lowest BCUT2D eigenvalue weighted by Crippen LogP contribution is -2.37. The van der Waals surface area contributed by atoms with Crippen LogP contribution >= 0.6 is 0 Å². The Bertz CT molecular complexity index is 650. The average molecular weight is 362 g/mol. The van der Waals surface area contributed by atoms with Crippen molar-refractivity contribution >= 4 is 24.0 Å². The van der Waals surface area contributed by atoms with Crippen LogP contribution in [-0.4, -0.2) is 41.4 Å². The summed E-state index contributed by atoms with van der Waals surface area (Å²) in [6.07, 6.45) is 2.22. The molecule has 0 aliphatic rings. The molecule has 1 aromatic rings. The summed E-state index contributed by atoms with van der Waals surface area (Å²) in [5.74, 6) is -0.709. The van der Waals surface area contributed by atoms with Crippen molar-refractivity contribution in [3.8, 4) is 0 Å². The molecule has 2 amide bonds. The Balaban J connectivity index is 2.93. The van der Waals surface area contributed by atoms with Gasteiger partial charge in [-0.15, -0.1) is 0 Å². The highest BCUT2D eigenvalue weighted by atomic mass is 16.6. The van der Waals surface area contributed by atoms with E-state index in [0.29, 0.717) is 23.2 Å². The van der Waals surface area contributed by atoms with Crippen LogP contribution in [0.2, 0.25) is 0 Å². The van der Waals surface area contributed by atoms with Crippen molar-refractivity contribution in [1.82, 2.24) is 4.90 Å². The molecule has 1 N–H and O–H groups in total. The lowest BCUT2D eigenvalue weighted by Gasteiger charge is -2.24. The number of carbonyl (C=O) groups excluding carboxylic acids is 3. The Kier molecular flexibility index (Phi) is 7.80. The van der Waals surface area contributed by atoms with Crippen molar-refractivity contribution in [2.75, 3.05) is 11.9 Å². The quantitative estimate of drug-likeness (QED) is 0.565. The second-order valence-corrected chi connectivity index (χ2v) is 7.37. The molecule has 0 heterocycles. The zero-order valence-corrected chi connectivity index (χ0v) is 16.6. The summed E-state index contributed by atoms with van der Waals surface area (Å²) in [7, 11) is 0. The fourth-order valence-corrected chi connectivity index (χ4v) is 2.65. The number of nitrogens with zero attached hydrogens (tertiary/aromatic N) is 1. The maximum absolute atomic E-state index is 12.8. The van der Waals surface area contributed by atoms with Gasteiger partial charge in [0.15, 0.2) is 0 Å². The van der Waals surface area contributed by atoms with E-state index in [1.807, 2.05) is 13.8 Å². The van der Waals surface area contributed by atoms with Crippen LogP contribution in [-0.2, 0) is 14.3 Å². The molecule has 0 aromatic heterocycles. The summed E-state index contributed by atoms with van der Waals surface area (Å²) in [6.45, 7) is 11.1. The van der Waals surface area contributed by atoms with E-state index in [4.69, 9.17) is 4.74 Å². The zero-order valence-electron chi connectivity index (χ0n) is 16.6. The minimum absolute atomic E-state index is 0.000609. The Morgan fingerprint density at radius 1 is 1.31 bits per heavy atom. The lowest BCUT2D eigenvalue weighted by atomic mass is 10.0. The maximum atomic E-state index is 12.8. The first-order valence-corrected chi connectivity index (χ1v) is 8.94. The summed E-state index contributed by atoms with van der Waals surface area (Å²) in [5, 5.41) is 3.01. The van der Waals surface area contributed by atoms with Crippen molar-refractivity contribution in [1.29, 1.82) is 0 Å². The largest absolute Gasteiger partial charge is 0.459 e. The molecule has 0 spiro atoms. The fourth-order valence-electron chi connectivity index (χ4n) is 2.65. The number of hydrogen-bond donors (Lipinski definition) is 1. The zero-order chi connectivity index (χ0) is 19.9. The third-order valence-corrected chi connectivity index (χ3v) is 3.94. The lowest BCUT2D eigenvalue weighted by molar-refractivity contribution is -0.152. The van der Waals surface area contributed by atoms with Crippen LogP contribution in [0, 0.1) is 6.92 Å². The number of anilines is 1. The van der Waals surface area contributed by atoms with Crippen molar-refractivity contribution in [2.24, 2.45) is 0 Å². The minimum atomic E-state index is -0.550. The second-order valence-electron chi connectivity index (χ2n) is 7.37. The topological polar surface area (TPSA) is 75.7 Å². The van der Waals surface area contributed by atoms with E-state index in [9.17, 15) is 14.4 Å². The second kappa shape index (κ2) is 9.36. The van der Waals surface area contributed by atoms with Crippen LogP contribution in [0.15, 0.2) is 18.2 Å². The molecule has 1 aromatic carbocycles. The molecular formula is C20H30N2O4. The number of rotatable bonds is 8. The summed E-state index contributed by atoms with van der Waals surface area (Å²) in [4.78, 5) is 37.3. The first kappa shape index (κ1) is 21.7. The molecule has 6 nitrogen and oxygen atoms in total. The number of esters is 1. The van der Waals surface area contributed by atoms with Gasteiger partial charge in [-0.2, -0.15) is 0 Å². The molecule has 0 radical (unpaired) electrons. The van der Waals surface area contributed by atoms with E-state index in [0.717, 1.165) is 12.8 Å². The molecule has 0 bridgehead atoms. The average Bonchev–Trinajstić information content (AvgIpc) is 2.53. The summed E-state index contributed by atoms with van der Waals surface area (Å²) < 4.78 is 5.27. The number of nitrogens with one attached hydrogen (secondary N) is 1. The summed E-state index contributed by atoms with van der Waals surface area (Å²) in [5.41, 5.74) is 1.24. The SMILES string of the molecule is CCCC(C)N(C=O)C(=O)c1cccc(NCC(=O)OC(C)(C)C)c1C. The molecule has 26 heavy (non-hydrogen) atoms. The number of amides is 2. The molecule has 0 saturated heterocycles. The molecule has 0 aliphatic heterocycles. The van der Waals surface area contributed by atoms with Gasteiger partial charge in [-0.05, 0) is 58.7 Å². The molecule has 0 fully saturated rings. The van der Waals surface area contributed by atoms with E-state index in [1.165, 1.54) is 4.90 Å². The Morgan fingerprint density at radius 3 is 2.50 bits per heavy atom. The monoisotopic (exact) mass is 362 g/mol. The van der Waals surface area contributed by atoms with Gasteiger partial charge in [0.1, 0.15) is 12.1 Å². The van der Waals surface area contributed by atoms with Gasteiger partial charge >= 0.3 is 5.97 Å². The van der Waals surface area contributed by atoms with Gasteiger partial charge in [0.05, 0.1) is 0 Å². The first-order chi connectivity index (χ1) is 12.1. The van der Waals surface area contributed by atoms with Gasteiger partial charge in [0, 0.05) is 17.3 Å². The Labute approximate surface area is 155 Å². The Morgan fingerprint density at radius 2 is 1.96 bits per heavy atom. The highest BCUT2D eigenvalue weighted by Gasteiger charge is 2.23. The van der Waals surface area contributed by atoms with Crippen LogP contribution in [0.4, 0.5) is 5.69 Å². The molecule has 144 valence electrons. The molecule has 1 unspecified atom stereocenters. The fraction of sp³-hybridized carbons (Fsp3) is 0.550. The summed E-state index contributed by atoms with van der Waals surface area (Å²) in [6, 6.07) is 5.04. The summed E-state index contributed by atoms with van der Waals surface area (Å²) >= 11 is 0. The van der Waals surface area contributed by atoms with Crippen molar-refractivity contribution in [3.05, 3.63) is 29.3 Å². The van der Waals surface area contributed by atoms with E-state index in [1.54, 1.807) is 45.9 Å². The van der Waals surface area contributed by atoms with Crippen molar-refractivity contribution < 1.29 is 19.1 Å². The number of ether oxygens (including phenoxy) is 1. The standard InChI is InChI=1S/C20H30N2O4/c1-7-9-14(2)22(13-23)19(25)16-10-8-11-17(15(16)3)21-12-18(24)26-20(4,5)6/h8,10-11,13-14,21H,7,9,12H2,1-6H3. The van der Waals surface area contributed by atoms with Gasteiger partial charge in [0.25, 0.3) is 5.91 Å². The van der Waals surface area contributed by atoms with Crippen LogP contribution in [0.5, 0.6) is 0 Å². The van der Waals surface area contributed by atoms with Gasteiger partial charge in [-0.1, -0.05) is 19.4 Å². The molecule has 1 rings (SSSR count). The van der Waals surface area contributed by atoms with Gasteiger partial charge < -0.3 is 10.1 Å². The maximum Gasteiger partial charge on any atom is 0.325 e. The van der Waals surface area contributed by atoms with Gasteiger partial charge in [-0.25, -0.2) is 0 Å². The van der Waals surface area contributed by atoms with Crippen LogP contribution in [0.3, 0.4) is 0 Å². The van der Waals surface area contributed by atoms with Crippen molar-refractivity contribution in [3.63, 3.8) is 0 Å². The number of benzene rings is 1. The smallest absolute Gasteiger partial charge is 0.325 e. The van der Waals surface area contributed by atoms with E-state index >= 15 is 0 Å². The number of carbonyl (C=O) groups is 3. The molecule has 0 saturated carbocycles. The van der Waals surface area contributed by atoms with Crippen molar-refractivity contribution in [2.45, 2.75) is 66.0 Å². The van der Waals surface area contributed by atoms with E-state index < -0.39 is 5.60 Å². The molecule has 0 aliphatic carbocycles. The predicted octanol–water partition coefficient (Wildman–Crippen LogP) is 3.54. The van der Waals surface area contributed by atoms with Crippen LogP contribution in [0.1, 0.15) is 63.4 Å². The van der Waals surface area contributed by atoms with E-state index in [-0.39, 0.29) is 24.5 Å². The predicted molar refractivity (Wildman–Crippen MR) is 102 cm³/mol. The van der Waals surface area contributed by atoms with Gasteiger partial charge in [0.2, 0.25) is 6.41 Å². The number of hydrogen-bond acceptors (Lipinski definition) is 5. The first-order valence-electron chi connectivity index (χ1n) is 8.94. The normalized spacial score (nSPS) is 12.2.